The highest BCUT2D eigenvalue weighted by molar-refractivity contribution is 7.88. The largest absolute Gasteiger partial charge is 0.457 e. The quantitative estimate of drug-likeness (QED) is 0.344. The number of ether oxygens (including phenoxy) is 1. The molecule has 0 N–H and O–H groups in total. The molecule has 0 unspecified atom stereocenters. The highest BCUT2D eigenvalue weighted by Crippen LogP contribution is 2.24. The van der Waals surface area contributed by atoms with Gasteiger partial charge in [-0.1, -0.05) is 11.6 Å². The van der Waals surface area contributed by atoms with Gasteiger partial charge in [-0.25, -0.2) is 12.7 Å². The van der Waals surface area contributed by atoms with Crippen molar-refractivity contribution in [3.8, 4) is 0 Å². The number of aromatic nitrogens is 1. The standard InChI is InChI=1S/C23H34N2O5S/c1-17-15-21(18(2)25(17)14-9-19-7-5-4-6-8-19)22(26)16-30-23(27)20-10-12-24(13-11-20)31(3,28)29/h7,15,20H,4-6,8-14,16H2,1-3H3. The Morgan fingerprint density at radius 1 is 1.16 bits per heavy atom. The second kappa shape index (κ2) is 10.1. The van der Waals surface area contributed by atoms with Crippen LogP contribution in [0.25, 0.3) is 0 Å². The van der Waals surface area contributed by atoms with E-state index >= 15 is 0 Å². The zero-order valence-corrected chi connectivity index (χ0v) is 19.7. The summed E-state index contributed by atoms with van der Waals surface area (Å²) in [4.78, 5) is 25.1. The van der Waals surface area contributed by atoms with Gasteiger partial charge in [-0.15, -0.1) is 0 Å². The Bertz CT molecular complexity index is 953. The van der Waals surface area contributed by atoms with Crippen molar-refractivity contribution in [3.63, 3.8) is 0 Å². The summed E-state index contributed by atoms with van der Waals surface area (Å²) in [5.74, 6) is -0.973. The van der Waals surface area contributed by atoms with E-state index < -0.39 is 16.0 Å². The van der Waals surface area contributed by atoms with Gasteiger partial charge in [0.05, 0.1) is 12.2 Å². The van der Waals surface area contributed by atoms with Crippen LogP contribution in [-0.2, 0) is 26.1 Å². The fraction of sp³-hybridized carbons (Fsp3) is 0.652. The van der Waals surface area contributed by atoms with Crippen molar-refractivity contribution in [1.82, 2.24) is 8.87 Å². The molecule has 1 aliphatic carbocycles. The Morgan fingerprint density at radius 3 is 2.48 bits per heavy atom. The number of piperidine rings is 1. The minimum absolute atomic E-state index is 0.196. The lowest BCUT2D eigenvalue weighted by Crippen LogP contribution is -2.40. The average molecular weight is 451 g/mol. The second-order valence-corrected chi connectivity index (χ2v) is 10.7. The summed E-state index contributed by atoms with van der Waals surface area (Å²) < 4.78 is 32.0. The first-order valence-electron chi connectivity index (χ1n) is 11.2. The second-order valence-electron chi connectivity index (χ2n) is 8.76. The SMILES string of the molecule is Cc1cc(C(=O)COC(=O)C2CCN(S(C)(=O)=O)CC2)c(C)n1CCC1=CCCCC1. The number of hydrogen-bond donors (Lipinski definition) is 0. The lowest BCUT2D eigenvalue weighted by Gasteiger charge is -2.28. The van der Waals surface area contributed by atoms with E-state index in [0.717, 1.165) is 24.4 Å². The fourth-order valence-electron chi connectivity index (χ4n) is 4.57. The van der Waals surface area contributed by atoms with Crippen LogP contribution >= 0.6 is 0 Å². The average Bonchev–Trinajstić information content (AvgIpc) is 3.04. The topological polar surface area (TPSA) is 85.7 Å². The zero-order valence-electron chi connectivity index (χ0n) is 18.9. The molecule has 172 valence electrons. The molecule has 1 aromatic rings. The van der Waals surface area contributed by atoms with E-state index in [1.165, 1.54) is 41.8 Å². The van der Waals surface area contributed by atoms with Crippen LogP contribution in [0.3, 0.4) is 0 Å². The van der Waals surface area contributed by atoms with Crippen molar-refractivity contribution >= 4 is 21.8 Å². The van der Waals surface area contributed by atoms with Crippen LogP contribution in [0, 0.1) is 19.8 Å². The number of hydrogen-bond acceptors (Lipinski definition) is 5. The van der Waals surface area contributed by atoms with Gasteiger partial charge in [0, 0.05) is 36.6 Å². The molecule has 2 aliphatic rings. The minimum atomic E-state index is -3.23. The Hall–Kier alpha value is -1.93. The summed E-state index contributed by atoms with van der Waals surface area (Å²) in [5.41, 5.74) is 4.06. The molecule has 8 heteroatoms. The minimum Gasteiger partial charge on any atom is -0.457 e. The van der Waals surface area contributed by atoms with E-state index in [2.05, 4.69) is 10.6 Å². The maximum atomic E-state index is 12.7. The molecule has 0 aromatic carbocycles. The summed E-state index contributed by atoms with van der Waals surface area (Å²) in [7, 11) is -3.23. The molecule has 1 fully saturated rings. The highest BCUT2D eigenvalue weighted by Gasteiger charge is 2.30. The lowest BCUT2D eigenvalue weighted by molar-refractivity contribution is -0.148. The molecule has 1 aromatic heterocycles. The number of Topliss-reactive ketones (excluding diaryl/α,β-unsaturated/α-hetero) is 1. The van der Waals surface area contributed by atoms with Crippen molar-refractivity contribution in [1.29, 1.82) is 0 Å². The molecule has 0 spiro atoms. The van der Waals surface area contributed by atoms with Crippen molar-refractivity contribution in [2.24, 2.45) is 5.92 Å². The maximum Gasteiger partial charge on any atom is 0.309 e. The molecule has 2 heterocycles. The Balaban J connectivity index is 1.52. The van der Waals surface area contributed by atoms with E-state index in [4.69, 9.17) is 4.74 Å². The van der Waals surface area contributed by atoms with E-state index in [1.807, 2.05) is 19.9 Å². The van der Waals surface area contributed by atoms with Crippen LogP contribution in [0.5, 0.6) is 0 Å². The summed E-state index contributed by atoms with van der Waals surface area (Å²) in [6.45, 7) is 5.14. The molecule has 0 saturated carbocycles. The molecule has 7 nitrogen and oxygen atoms in total. The fourth-order valence-corrected chi connectivity index (χ4v) is 5.44. The summed E-state index contributed by atoms with van der Waals surface area (Å²) >= 11 is 0. The van der Waals surface area contributed by atoms with Gasteiger partial charge in [-0.2, -0.15) is 0 Å². The van der Waals surface area contributed by atoms with Crippen molar-refractivity contribution < 1.29 is 22.7 Å². The predicted octanol–water partition coefficient (Wildman–Crippen LogP) is 3.39. The molecule has 3 rings (SSSR count). The van der Waals surface area contributed by atoms with Crippen LogP contribution in [0.4, 0.5) is 0 Å². The molecule has 0 amide bonds. The van der Waals surface area contributed by atoms with Crippen molar-refractivity contribution in [3.05, 3.63) is 34.7 Å². The number of sulfonamides is 1. The first-order chi connectivity index (χ1) is 14.7. The first kappa shape index (κ1) is 23.7. The van der Waals surface area contributed by atoms with Gasteiger partial charge in [0.25, 0.3) is 0 Å². The summed E-state index contributed by atoms with van der Waals surface area (Å²) in [5, 5.41) is 0. The molecule has 31 heavy (non-hydrogen) atoms. The van der Waals surface area contributed by atoms with Crippen LogP contribution in [0.2, 0.25) is 0 Å². The molecule has 1 saturated heterocycles. The smallest absolute Gasteiger partial charge is 0.309 e. The Labute approximate surface area is 185 Å². The number of esters is 1. The number of rotatable bonds is 8. The van der Waals surface area contributed by atoms with Gasteiger partial charge >= 0.3 is 5.97 Å². The van der Waals surface area contributed by atoms with Gasteiger partial charge in [0.1, 0.15) is 0 Å². The first-order valence-corrected chi connectivity index (χ1v) is 13.0. The number of carbonyl (C=O) groups excluding carboxylic acids is 2. The number of nitrogens with zero attached hydrogens (tertiary/aromatic N) is 2. The van der Waals surface area contributed by atoms with E-state index in [0.29, 0.717) is 31.5 Å². The maximum absolute atomic E-state index is 12.7. The van der Waals surface area contributed by atoms with Gasteiger partial charge in [-0.3, -0.25) is 9.59 Å². The van der Waals surface area contributed by atoms with Gasteiger partial charge in [0.15, 0.2) is 6.61 Å². The van der Waals surface area contributed by atoms with Crippen LogP contribution in [0.15, 0.2) is 17.7 Å². The molecule has 0 bridgehead atoms. The van der Waals surface area contributed by atoms with Gasteiger partial charge in [0.2, 0.25) is 15.8 Å². The number of carbonyl (C=O) groups is 2. The third kappa shape index (κ3) is 6.07. The van der Waals surface area contributed by atoms with Crippen molar-refractivity contribution in [2.75, 3.05) is 26.0 Å². The number of aryl methyl sites for hydroxylation is 1. The van der Waals surface area contributed by atoms with Crippen LogP contribution in [-0.4, -0.2) is 55.0 Å². The summed E-state index contributed by atoms with van der Waals surface area (Å²) in [6.07, 6.45) is 10.2. The zero-order chi connectivity index (χ0) is 22.6. The van der Waals surface area contributed by atoms with Crippen LogP contribution in [0.1, 0.15) is 66.7 Å². The normalized spacial score (nSPS) is 18.6. The third-order valence-corrected chi connectivity index (χ3v) is 7.82. The molecule has 0 atom stereocenters. The molecule has 1 aliphatic heterocycles. The molecule has 0 radical (unpaired) electrons. The lowest BCUT2D eigenvalue weighted by atomic mass is 9.97. The van der Waals surface area contributed by atoms with Gasteiger partial charge in [-0.05, 0) is 64.9 Å². The van der Waals surface area contributed by atoms with E-state index in [9.17, 15) is 18.0 Å². The Morgan fingerprint density at radius 2 is 1.87 bits per heavy atom. The van der Waals surface area contributed by atoms with Gasteiger partial charge < -0.3 is 9.30 Å². The van der Waals surface area contributed by atoms with E-state index in [-0.39, 0.29) is 18.3 Å². The van der Waals surface area contributed by atoms with Crippen molar-refractivity contribution in [2.45, 2.75) is 65.3 Å². The molecular formula is C23H34N2O5S. The third-order valence-electron chi connectivity index (χ3n) is 6.52. The van der Waals surface area contributed by atoms with E-state index in [1.54, 1.807) is 0 Å². The highest BCUT2D eigenvalue weighted by atomic mass is 32.2. The monoisotopic (exact) mass is 450 g/mol. The Kier molecular flexibility index (Phi) is 7.75. The number of allylic oxidation sites excluding steroid dienone is 2. The predicted molar refractivity (Wildman–Crippen MR) is 120 cm³/mol. The molecular weight excluding hydrogens is 416 g/mol. The van der Waals surface area contributed by atoms with Crippen LogP contribution < -0.4 is 0 Å². The number of ketones is 1. The summed E-state index contributed by atoms with van der Waals surface area (Å²) in [6, 6.07) is 1.88.